The zero-order valence-corrected chi connectivity index (χ0v) is 13.9. The fraction of sp³-hybridized carbons (Fsp3) is 0.462. The molecule has 0 radical (unpaired) electrons. The van der Waals surface area contributed by atoms with Gasteiger partial charge in [0.1, 0.15) is 0 Å². The van der Waals surface area contributed by atoms with Gasteiger partial charge in [0.15, 0.2) is 9.84 Å². The van der Waals surface area contributed by atoms with Crippen LogP contribution in [0.4, 0.5) is 0 Å². The predicted octanol–water partition coefficient (Wildman–Crippen LogP) is -0.0985. The van der Waals surface area contributed by atoms with Gasteiger partial charge in [0.25, 0.3) is 5.91 Å². The molecule has 0 spiro atoms. The number of hydrogen-bond acceptors (Lipinski definition) is 5. The lowest BCUT2D eigenvalue weighted by Crippen LogP contribution is -2.38. The van der Waals surface area contributed by atoms with E-state index in [9.17, 15) is 21.6 Å². The van der Waals surface area contributed by atoms with E-state index in [1.54, 1.807) is 13.0 Å². The highest BCUT2D eigenvalue weighted by atomic mass is 32.2. The van der Waals surface area contributed by atoms with Gasteiger partial charge in [0, 0.05) is 18.7 Å². The van der Waals surface area contributed by atoms with Crippen LogP contribution in [0.2, 0.25) is 0 Å². The Morgan fingerprint density at radius 1 is 1.32 bits per heavy atom. The van der Waals surface area contributed by atoms with Crippen LogP contribution < -0.4 is 5.14 Å². The molecule has 1 unspecified atom stereocenters. The van der Waals surface area contributed by atoms with Crippen molar-refractivity contribution in [3.05, 3.63) is 29.3 Å². The van der Waals surface area contributed by atoms with Gasteiger partial charge in [-0.05, 0) is 37.1 Å². The summed E-state index contributed by atoms with van der Waals surface area (Å²) in [5.74, 6) is -0.426. The normalized spacial score (nSPS) is 20.8. The molecule has 1 fully saturated rings. The van der Waals surface area contributed by atoms with E-state index in [1.165, 1.54) is 24.1 Å². The van der Waals surface area contributed by atoms with Gasteiger partial charge in [-0.25, -0.2) is 22.0 Å². The SMILES string of the molecule is Cc1cc(C(=O)N(C)C2CCS(=O)(=O)C2)cc(S(N)(=O)=O)c1. The number of rotatable bonds is 3. The Morgan fingerprint density at radius 2 is 1.95 bits per heavy atom. The molecule has 122 valence electrons. The molecular formula is C13H18N2O5S2. The van der Waals surface area contributed by atoms with Crippen molar-refractivity contribution in [2.75, 3.05) is 18.6 Å². The van der Waals surface area contributed by atoms with Crippen LogP contribution in [-0.4, -0.2) is 52.2 Å². The Morgan fingerprint density at radius 3 is 2.45 bits per heavy atom. The summed E-state index contributed by atoms with van der Waals surface area (Å²) in [5, 5.41) is 5.10. The van der Waals surface area contributed by atoms with E-state index in [0.29, 0.717) is 12.0 Å². The Bertz CT molecular complexity index is 815. The van der Waals surface area contributed by atoms with Crippen molar-refractivity contribution in [2.45, 2.75) is 24.3 Å². The number of aryl methyl sites for hydroxylation is 1. The van der Waals surface area contributed by atoms with E-state index in [-0.39, 0.29) is 22.0 Å². The second kappa shape index (κ2) is 5.64. The predicted molar refractivity (Wildman–Crippen MR) is 81.7 cm³/mol. The van der Waals surface area contributed by atoms with E-state index in [2.05, 4.69) is 0 Å². The van der Waals surface area contributed by atoms with Crippen molar-refractivity contribution in [1.82, 2.24) is 4.90 Å². The summed E-state index contributed by atoms with van der Waals surface area (Å²) in [7, 11) is -5.50. The van der Waals surface area contributed by atoms with Crippen molar-refractivity contribution >= 4 is 25.8 Å². The van der Waals surface area contributed by atoms with E-state index < -0.39 is 31.8 Å². The first-order valence-corrected chi connectivity index (χ1v) is 9.98. The molecule has 0 aromatic heterocycles. The van der Waals surface area contributed by atoms with Gasteiger partial charge in [-0.15, -0.1) is 0 Å². The van der Waals surface area contributed by atoms with Crippen LogP contribution in [0, 0.1) is 6.92 Å². The van der Waals surface area contributed by atoms with Gasteiger partial charge < -0.3 is 4.90 Å². The highest BCUT2D eigenvalue weighted by Gasteiger charge is 2.33. The number of nitrogens with two attached hydrogens (primary N) is 1. The smallest absolute Gasteiger partial charge is 0.253 e. The zero-order chi connectivity index (χ0) is 16.7. The molecule has 0 saturated carbocycles. The number of carbonyl (C=O) groups excluding carboxylic acids is 1. The third-order valence-electron chi connectivity index (χ3n) is 3.70. The molecule has 1 saturated heterocycles. The van der Waals surface area contributed by atoms with E-state index in [4.69, 9.17) is 5.14 Å². The van der Waals surface area contributed by atoms with Gasteiger partial charge in [0.05, 0.1) is 16.4 Å². The molecular weight excluding hydrogens is 328 g/mol. The first-order chi connectivity index (χ1) is 9.99. The third kappa shape index (κ3) is 3.65. The lowest BCUT2D eigenvalue weighted by molar-refractivity contribution is 0.0747. The van der Waals surface area contributed by atoms with Crippen LogP contribution in [0.3, 0.4) is 0 Å². The van der Waals surface area contributed by atoms with Crippen molar-refractivity contribution in [2.24, 2.45) is 5.14 Å². The van der Waals surface area contributed by atoms with Crippen LogP contribution in [0.25, 0.3) is 0 Å². The standard InChI is InChI=1S/C13H18N2O5S2/c1-9-5-10(7-12(6-9)22(14,19)20)13(16)15(2)11-3-4-21(17,18)8-11/h5-7,11H,3-4,8H2,1-2H3,(H2,14,19,20). The van der Waals surface area contributed by atoms with Crippen LogP contribution >= 0.6 is 0 Å². The molecule has 1 aliphatic rings. The average Bonchev–Trinajstić information content (AvgIpc) is 2.75. The fourth-order valence-corrected chi connectivity index (χ4v) is 4.90. The molecule has 2 rings (SSSR count). The maximum Gasteiger partial charge on any atom is 0.253 e. The number of nitrogens with zero attached hydrogens (tertiary/aromatic N) is 1. The van der Waals surface area contributed by atoms with Crippen molar-refractivity contribution in [3.63, 3.8) is 0 Å². The first-order valence-electron chi connectivity index (χ1n) is 6.62. The third-order valence-corrected chi connectivity index (χ3v) is 6.35. The number of sulfonamides is 1. The van der Waals surface area contributed by atoms with Gasteiger partial charge in [-0.2, -0.15) is 0 Å². The number of benzene rings is 1. The summed E-state index contributed by atoms with van der Waals surface area (Å²) in [5.41, 5.74) is 0.762. The van der Waals surface area contributed by atoms with E-state index >= 15 is 0 Å². The average molecular weight is 346 g/mol. The molecule has 1 aromatic carbocycles. The summed E-state index contributed by atoms with van der Waals surface area (Å²) in [6.45, 7) is 1.66. The van der Waals surface area contributed by atoms with Gasteiger partial charge in [-0.3, -0.25) is 4.79 Å². The topological polar surface area (TPSA) is 115 Å². The van der Waals surface area contributed by atoms with Crippen LogP contribution in [0.1, 0.15) is 22.3 Å². The molecule has 0 aliphatic carbocycles. The lowest BCUT2D eigenvalue weighted by Gasteiger charge is -2.23. The van der Waals surface area contributed by atoms with Crippen molar-refractivity contribution < 1.29 is 21.6 Å². The van der Waals surface area contributed by atoms with Crippen molar-refractivity contribution in [1.29, 1.82) is 0 Å². The van der Waals surface area contributed by atoms with Gasteiger partial charge >= 0.3 is 0 Å². The zero-order valence-electron chi connectivity index (χ0n) is 12.3. The van der Waals surface area contributed by atoms with E-state index in [1.807, 2.05) is 0 Å². The number of sulfone groups is 1. The Kier molecular flexibility index (Phi) is 4.33. The second-order valence-corrected chi connectivity index (χ2v) is 9.34. The minimum absolute atomic E-state index is 0.0610. The molecule has 9 heteroatoms. The number of primary sulfonamides is 1. The number of amides is 1. The molecule has 1 amide bonds. The maximum absolute atomic E-state index is 12.5. The Labute approximate surface area is 130 Å². The maximum atomic E-state index is 12.5. The van der Waals surface area contributed by atoms with Crippen LogP contribution in [-0.2, 0) is 19.9 Å². The summed E-state index contributed by atoms with van der Waals surface area (Å²) in [6, 6.07) is 3.75. The van der Waals surface area contributed by atoms with Crippen LogP contribution in [0.15, 0.2) is 23.1 Å². The summed E-state index contributed by atoms with van der Waals surface area (Å²) >= 11 is 0. The first kappa shape index (κ1) is 16.9. The lowest BCUT2D eigenvalue weighted by atomic mass is 10.1. The molecule has 22 heavy (non-hydrogen) atoms. The molecule has 1 aliphatic heterocycles. The van der Waals surface area contributed by atoms with Gasteiger partial charge in [-0.1, -0.05) is 0 Å². The molecule has 1 aromatic rings. The summed E-state index contributed by atoms with van der Waals surface area (Å²) < 4.78 is 45.9. The quantitative estimate of drug-likeness (QED) is 0.821. The highest BCUT2D eigenvalue weighted by Crippen LogP contribution is 2.20. The highest BCUT2D eigenvalue weighted by molar-refractivity contribution is 7.91. The summed E-state index contributed by atoms with van der Waals surface area (Å²) in [4.78, 5) is 13.7. The summed E-state index contributed by atoms with van der Waals surface area (Å²) in [6.07, 6.45) is 0.387. The largest absolute Gasteiger partial charge is 0.338 e. The van der Waals surface area contributed by atoms with Crippen LogP contribution in [0.5, 0.6) is 0 Å². The van der Waals surface area contributed by atoms with Gasteiger partial charge in [0.2, 0.25) is 10.0 Å². The number of hydrogen-bond donors (Lipinski definition) is 1. The molecule has 2 N–H and O–H groups in total. The van der Waals surface area contributed by atoms with E-state index in [0.717, 1.165) is 0 Å². The Balaban J connectivity index is 2.32. The minimum atomic E-state index is -3.91. The molecule has 1 heterocycles. The monoisotopic (exact) mass is 346 g/mol. The second-order valence-electron chi connectivity index (χ2n) is 5.55. The van der Waals surface area contributed by atoms with Crippen molar-refractivity contribution in [3.8, 4) is 0 Å². The fourth-order valence-electron chi connectivity index (χ4n) is 2.49. The molecule has 1 atom stereocenters. The number of carbonyl (C=O) groups is 1. The molecule has 0 bridgehead atoms. The minimum Gasteiger partial charge on any atom is -0.338 e. The Hall–Kier alpha value is -1.45. The molecule has 7 nitrogen and oxygen atoms in total.